The van der Waals surface area contributed by atoms with Crippen LogP contribution in [0, 0.1) is 0 Å². The van der Waals surface area contributed by atoms with Crippen LogP contribution in [0.4, 0.5) is 0 Å². The lowest BCUT2D eigenvalue weighted by atomic mass is 10.0. The Morgan fingerprint density at radius 2 is 0.704 bits per heavy atom. The minimum absolute atomic E-state index is 0.0296. The standard InChI is InChI=1S/C71H126NO8P/c1-6-8-10-12-14-16-18-20-22-24-26-27-28-29-30-31-32-33-34-35-36-37-38-39-40-41-42-43-44-45-46-48-50-52-54-56-58-60-62-64-71(74)80-69(68-79-81(75,76)78-66-65-72(3,4)5)67-77-70(73)63-61-59-57-55-53-51-49-47-25-23-21-19-17-15-13-11-9-7-2/h8,10,14,16,20,22-23,25-27,29-30,32-33,35-36,69H,6-7,9,11-13,15,17-19,21,24,28,31,34,37-68H2,1-5H3/p+1/b10-8-,16-14-,22-20-,25-23-,27-26-,30-29-,33-32-,36-35-. The van der Waals surface area contributed by atoms with Crippen molar-refractivity contribution in [2.75, 3.05) is 47.5 Å². The highest BCUT2D eigenvalue weighted by Crippen LogP contribution is 2.43. The van der Waals surface area contributed by atoms with E-state index in [0.29, 0.717) is 17.4 Å². The minimum Gasteiger partial charge on any atom is -0.462 e. The van der Waals surface area contributed by atoms with Crippen molar-refractivity contribution >= 4 is 19.8 Å². The Labute approximate surface area is 500 Å². The Bertz CT molecular complexity index is 1690. The van der Waals surface area contributed by atoms with Crippen molar-refractivity contribution in [2.24, 2.45) is 0 Å². The number of phosphoric ester groups is 1. The van der Waals surface area contributed by atoms with Crippen LogP contribution in [0.5, 0.6) is 0 Å². The normalized spacial score (nSPS) is 13.8. The number of phosphoric acid groups is 1. The van der Waals surface area contributed by atoms with Gasteiger partial charge in [-0.15, -0.1) is 0 Å². The molecule has 0 aliphatic rings. The molecule has 0 spiro atoms. The number of unbranched alkanes of at least 4 members (excludes halogenated alkanes) is 31. The molecule has 0 bridgehead atoms. The summed E-state index contributed by atoms with van der Waals surface area (Å²) in [6.45, 7) is 4.34. The zero-order valence-electron chi connectivity index (χ0n) is 53.2. The molecular weight excluding hydrogens is 1030 g/mol. The Morgan fingerprint density at radius 3 is 1.06 bits per heavy atom. The zero-order chi connectivity index (χ0) is 59.1. The molecule has 0 rings (SSSR count). The number of allylic oxidation sites excluding steroid dienone is 16. The molecule has 0 aliphatic heterocycles. The van der Waals surface area contributed by atoms with E-state index in [1.807, 2.05) is 21.1 Å². The van der Waals surface area contributed by atoms with Gasteiger partial charge in [-0.25, -0.2) is 4.57 Å². The zero-order valence-corrected chi connectivity index (χ0v) is 54.1. The molecule has 81 heavy (non-hydrogen) atoms. The number of hydrogen-bond acceptors (Lipinski definition) is 7. The maximum atomic E-state index is 12.9. The van der Waals surface area contributed by atoms with Gasteiger partial charge in [-0.3, -0.25) is 18.6 Å². The summed E-state index contributed by atoms with van der Waals surface area (Å²) >= 11 is 0. The van der Waals surface area contributed by atoms with Gasteiger partial charge in [0.05, 0.1) is 27.7 Å². The molecule has 0 aromatic rings. The van der Waals surface area contributed by atoms with Gasteiger partial charge in [0.2, 0.25) is 0 Å². The number of ether oxygens (including phenoxy) is 2. The van der Waals surface area contributed by atoms with Gasteiger partial charge in [-0.05, 0) is 96.3 Å². The van der Waals surface area contributed by atoms with Crippen LogP contribution in [0.2, 0.25) is 0 Å². The molecule has 1 N–H and O–H groups in total. The molecule has 468 valence electrons. The molecule has 2 atom stereocenters. The first kappa shape index (κ1) is 77.9. The van der Waals surface area contributed by atoms with Gasteiger partial charge in [0.15, 0.2) is 6.10 Å². The van der Waals surface area contributed by atoms with Crippen molar-refractivity contribution in [3.63, 3.8) is 0 Å². The average molecular weight is 1150 g/mol. The third kappa shape index (κ3) is 65.9. The predicted octanol–water partition coefficient (Wildman–Crippen LogP) is 21.5. The van der Waals surface area contributed by atoms with Crippen molar-refractivity contribution in [3.05, 3.63) is 97.2 Å². The molecule has 0 heterocycles. The first-order valence-corrected chi connectivity index (χ1v) is 35.0. The highest BCUT2D eigenvalue weighted by molar-refractivity contribution is 7.47. The summed E-state index contributed by atoms with van der Waals surface area (Å²) in [6, 6.07) is 0. The largest absolute Gasteiger partial charge is 0.472 e. The third-order valence-electron chi connectivity index (χ3n) is 14.3. The minimum atomic E-state index is -4.39. The molecule has 2 unspecified atom stereocenters. The number of nitrogens with zero attached hydrogens (tertiary/aromatic N) is 1. The summed E-state index contributed by atoms with van der Waals surface area (Å²) in [7, 11) is 1.48. The fourth-order valence-corrected chi connectivity index (χ4v) is 9.97. The van der Waals surface area contributed by atoms with Crippen LogP contribution >= 0.6 is 7.82 Å². The molecule has 9 nitrogen and oxygen atoms in total. The summed E-state index contributed by atoms with van der Waals surface area (Å²) in [5, 5.41) is 0. The number of esters is 2. The number of hydrogen-bond donors (Lipinski definition) is 1. The SMILES string of the molecule is CC/C=C\C/C=C\C/C=C\C/C=C\C/C=C\C/C=C\C/C=C\CCCCCCCCCCCCCCCCCCCC(=O)OC(COC(=O)CCCCCCCCC/C=C\CCCCCCCCC)COP(=O)(O)OCC[N+](C)(C)C. The summed E-state index contributed by atoms with van der Waals surface area (Å²) in [5.41, 5.74) is 0. The van der Waals surface area contributed by atoms with Crippen LogP contribution < -0.4 is 0 Å². The predicted molar refractivity (Wildman–Crippen MR) is 348 cm³/mol. The van der Waals surface area contributed by atoms with Gasteiger partial charge in [0, 0.05) is 12.8 Å². The van der Waals surface area contributed by atoms with Crippen molar-refractivity contribution < 1.29 is 42.1 Å². The average Bonchev–Trinajstić information content (AvgIpc) is 3.43. The smallest absolute Gasteiger partial charge is 0.462 e. The van der Waals surface area contributed by atoms with E-state index in [9.17, 15) is 19.0 Å². The van der Waals surface area contributed by atoms with Crippen LogP contribution in [0.3, 0.4) is 0 Å². The lowest BCUT2D eigenvalue weighted by molar-refractivity contribution is -0.870. The highest BCUT2D eigenvalue weighted by atomic mass is 31.2. The Hall–Kier alpha value is -3.07. The second kappa shape index (κ2) is 61.5. The summed E-state index contributed by atoms with van der Waals surface area (Å²) < 4.78 is 34.6. The molecule has 0 aromatic heterocycles. The number of rotatable bonds is 61. The van der Waals surface area contributed by atoms with Crippen LogP contribution in [0.25, 0.3) is 0 Å². The number of carbonyl (C=O) groups excluding carboxylic acids is 2. The molecule has 0 aliphatic carbocycles. The summed E-state index contributed by atoms with van der Waals surface area (Å²) in [5.74, 6) is -0.795. The fourth-order valence-electron chi connectivity index (χ4n) is 9.23. The molecule has 0 radical (unpaired) electrons. The monoisotopic (exact) mass is 1150 g/mol. The third-order valence-corrected chi connectivity index (χ3v) is 15.3. The number of carbonyl (C=O) groups is 2. The van der Waals surface area contributed by atoms with E-state index < -0.39 is 26.5 Å². The molecule has 0 saturated carbocycles. The van der Waals surface area contributed by atoms with E-state index in [1.165, 1.54) is 180 Å². The number of likely N-dealkylation sites (N-methyl/N-ethyl adjacent to an activating group) is 1. The number of quaternary nitrogens is 1. The van der Waals surface area contributed by atoms with Crippen LogP contribution in [-0.2, 0) is 32.7 Å². The van der Waals surface area contributed by atoms with Gasteiger partial charge < -0.3 is 18.9 Å². The molecule has 0 saturated heterocycles. The van der Waals surface area contributed by atoms with E-state index in [2.05, 4.69) is 111 Å². The Balaban J connectivity index is 4.00. The second-order valence-corrected chi connectivity index (χ2v) is 24.9. The van der Waals surface area contributed by atoms with E-state index in [4.69, 9.17) is 18.5 Å². The molecular formula is C71H127NO8P+. The van der Waals surface area contributed by atoms with Crippen molar-refractivity contribution in [3.8, 4) is 0 Å². The van der Waals surface area contributed by atoms with Crippen molar-refractivity contribution in [1.82, 2.24) is 0 Å². The molecule has 0 amide bonds. The topological polar surface area (TPSA) is 108 Å². The van der Waals surface area contributed by atoms with Gasteiger partial charge in [0.25, 0.3) is 0 Å². The van der Waals surface area contributed by atoms with Crippen LogP contribution in [0.1, 0.15) is 290 Å². The fraction of sp³-hybridized carbons (Fsp3) is 0.746. The van der Waals surface area contributed by atoms with E-state index in [0.717, 1.165) is 77.0 Å². The van der Waals surface area contributed by atoms with Gasteiger partial charge in [-0.2, -0.15) is 0 Å². The summed E-state index contributed by atoms with van der Waals surface area (Å²) in [6.07, 6.45) is 85.0. The van der Waals surface area contributed by atoms with Crippen LogP contribution in [0.15, 0.2) is 97.2 Å². The van der Waals surface area contributed by atoms with Crippen molar-refractivity contribution in [1.29, 1.82) is 0 Å². The van der Waals surface area contributed by atoms with Crippen LogP contribution in [-0.4, -0.2) is 74.9 Å². The molecule has 10 heteroatoms. The Kier molecular flexibility index (Phi) is 59.2. The quantitative estimate of drug-likeness (QED) is 0.0211. The van der Waals surface area contributed by atoms with Gasteiger partial charge in [-0.1, -0.05) is 278 Å². The van der Waals surface area contributed by atoms with Crippen molar-refractivity contribution in [2.45, 2.75) is 296 Å². The summed E-state index contributed by atoms with van der Waals surface area (Å²) in [4.78, 5) is 35.8. The van der Waals surface area contributed by atoms with E-state index in [-0.39, 0.29) is 32.0 Å². The maximum Gasteiger partial charge on any atom is 0.472 e. The van der Waals surface area contributed by atoms with Gasteiger partial charge >= 0.3 is 19.8 Å². The van der Waals surface area contributed by atoms with E-state index in [1.54, 1.807) is 0 Å². The maximum absolute atomic E-state index is 12.9. The first-order valence-electron chi connectivity index (χ1n) is 33.5. The lowest BCUT2D eigenvalue weighted by Gasteiger charge is -2.24. The molecule has 0 aromatic carbocycles. The second-order valence-electron chi connectivity index (χ2n) is 23.5. The highest BCUT2D eigenvalue weighted by Gasteiger charge is 2.27. The lowest BCUT2D eigenvalue weighted by Crippen LogP contribution is -2.37. The Morgan fingerprint density at radius 1 is 0.395 bits per heavy atom. The van der Waals surface area contributed by atoms with E-state index >= 15 is 0 Å². The molecule has 0 fully saturated rings. The first-order chi connectivity index (χ1) is 39.5. The van der Waals surface area contributed by atoms with Gasteiger partial charge in [0.1, 0.15) is 19.8 Å².